The molecule has 0 radical (unpaired) electrons. The van der Waals surface area contributed by atoms with Crippen LogP contribution in [0.2, 0.25) is 0 Å². The van der Waals surface area contributed by atoms with Crippen molar-refractivity contribution in [1.82, 2.24) is 0 Å². The molecule has 0 bridgehead atoms. The van der Waals surface area contributed by atoms with Crippen molar-refractivity contribution >= 4 is 0 Å². The molecule has 0 spiro atoms. The van der Waals surface area contributed by atoms with Crippen LogP contribution in [-0.2, 0) is 6.42 Å². The highest BCUT2D eigenvalue weighted by Gasteiger charge is 2.17. The van der Waals surface area contributed by atoms with E-state index in [9.17, 15) is 5.11 Å². The zero-order valence-electron chi connectivity index (χ0n) is 10.5. The van der Waals surface area contributed by atoms with Crippen molar-refractivity contribution in [3.63, 3.8) is 0 Å². The zero-order valence-corrected chi connectivity index (χ0v) is 10.5. The van der Waals surface area contributed by atoms with E-state index in [-0.39, 0.29) is 12.5 Å². The normalized spacial score (nSPS) is 16.4. The first kappa shape index (κ1) is 12.2. The number of ether oxygens (including phenoxy) is 2. The molecule has 1 aliphatic rings. The highest BCUT2D eigenvalue weighted by atomic mass is 16.5. The molecule has 1 N–H and O–H groups in total. The van der Waals surface area contributed by atoms with Crippen LogP contribution in [0.25, 0.3) is 0 Å². The minimum atomic E-state index is 0.141. The van der Waals surface area contributed by atoms with Crippen LogP contribution < -0.4 is 9.47 Å². The lowest BCUT2D eigenvalue weighted by atomic mass is 9.94. The summed E-state index contributed by atoms with van der Waals surface area (Å²) < 4.78 is 11.3. The Kier molecular flexibility index (Phi) is 3.89. The summed E-state index contributed by atoms with van der Waals surface area (Å²) in [6.07, 6.45) is 1.86. The van der Waals surface area contributed by atoms with E-state index in [1.165, 1.54) is 11.1 Å². The summed E-state index contributed by atoms with van der Waals surface area (Å²) in [5, 5.41) is 9.30. The van der Waals surface area contributed by atoms with Gasteiger partial charge in [-0.2, -0.15) is 0 Å². The molecule has 1 aliphatic heterocycles. The molecule has 0 aromatic heterocycles. The Morgan fingerprint density at radius 2 is 1.88 bits per heavy atom. The van der Waals surface area contributed by atoms with Crippen LogP contribution in [-0.4, -0.2) is 24.9 Å². The SMILES string of the molecule is CCc1cc2c(cc1C(C)CO)OCCCO2. The standard InChI is InChI=1S/C14H20O3/c1-3-11-7-13-14(17-6-4-5-16-13)8-12(11)10(2)9-15/h7-8,10,15H,3-6,9H2,1-2H3. The quantitative estimate of drug-likeness (QED) is 0.876. The van der Waals surface area contributed by atoms with Gasteiger partial charge < -0.3 is 14.6 Å². The van der Waals surface area contributed by atoms with E-state index >= 15 is 0 Å². The van der Waals surface area contributed by atoms with Gasteiger partial charge in [-0.1, -0.05) is 13.8 Å². The van der Waals surface area contributed by atoms with Gasteiger partial charge in [0.15, 0.2) is 11.5 Å². The van der Waals surface area contributed by atoms with Crippen molar-refractivity contribution in [3.8, 4) is 11.5 Å². The average Bonchev–Trinajstić information content (AvgIpc) is 2.60. The Labute approximate surface area is 102 Å². The van der Waals surface area contributed by atoms with Crippen LogP contribution in [0.1, 0.15) is 37.3 Å². The lowest BCUT2D eigenvalue weighted by Gasteiger charge is -2.17. The van der Waals surface area contributed by atoms with E-state index in [4.69, 9.17) is 9.47 Å². The third kappa shape index (κ3) is 2.55. The molecule has 1 unspecified atom stereocenters. The molecule has 3 nitrogen and oxygen atoms in total. The highest BCUT2D eigenvalue weighted by molar-refractivity contribution is 5.49. The van der Waals surface area contributed by atoms with Crippen molar-refractivity contribution in [2.24, 2.45) is 0 Å². The van der Waals surface area contributed by atoms with Crippen LogP contribution in [0.3, 0.4) is 0 Å². The maximum Gasteiger partial charge on any atom is 0.161 e. The van der Waals surface area contributed by atoms with E-state index < -0.39 is 0 Å². The molecular weight excluding hydrogens is 216 g/mol. The fourth-order valence-corrected chi connectivity index (χ4v) is 2.13. The minimum Gasteiger partial charge on any atom is -0.490 e. The average molecular weight is 236 g/mol. The Morgan fingerprint density at radius 3 is 2.47 bits per heavy atom. The molecule has 2 rings (SSSR count). The van der Waals surface area contributed by atoms with Gasteiger partial charge in [0.1, 0.15) is 0 Å². The van der Waals surface area contributed by atoms with Gasteiger partial charge in [-0.3, -0.25) is 0 Å². The monoisotopic (exact) mass is 236 g/mol. The van der Waals surface area contributed by atoms with Gasteiger partial charge in [-0.15, -0.1) is 0 Å². The second-order valence-electron chi connectivity index (χ2n) is 4.49. The van der Waals surface area contributed by atoms with Gasteiger partial charge in [-0.25, -0.2) is 0 Å². The van der Waals surface area contributed by atoms with Crippen molar-refractivity contribution in [2.75, 3.05) is 19.8 Å². The number of aliphatic hydroxyl groups is 1. The molecule has 1 aromatic rings. The van der Waals surface area contributed by atoms with Crippen molar-refractivity contribution < 1.29 is 14.6 Å². The topological polar surface area (TPSA) is 38.7 Å². The molecule has 1 atom stereocenters. The predicted octanol–water partition coefficient (Wildman–Crippen LogP) is 2.51. The van der Waals surface area contributed by atoms with Gasteiger partial charge >= 0.3 is 0 Å². The molecule has 3 heteroatoms. The van der Waals surface area contributed by atoms with Gasteiger partial charge in [0.25, 0.3) is 0 Å². The first-order valence-corrected chi connectivity index (χ1v) is 6.29. The Morgan fingerprint density at radius 1 is 1.24 bits per heavy atom. The molecule has 0 aliphatic carbocycles. The zero-order chi connectivity index (χ0) is 12.3. The largest absolute Gasteiger partial charge is 0.490 e. The Hall–Kier alpha value is -1.22. The summed E-state index contributed by atoms with van der Waals surface area (Å²) in [7, 11) is 0. The minimum absolute atomic E-state index is 0.141. The number of benzene rings is 1. The maximum atomic E-state index is 9.30. The Bertz CT molecular complexity index is 387. The van der Waals surface area contributed by atoms with Crippen LogP contribution >= 0.6 is 0 Å². The molecule has 0 fully saturated rings. The summed E-state index contributed by atoms with van der Waals surface area (Å²) in [6.45, 7) is 5.72. The number of hydrogen-bond donors (Lipinski definition) is 1. The van der Waals surface area contributed by atoms with Gasteiger partial charge in [0, 0.05) is 18.9 Å². The van der Waals surface area contributed by atoms with Gasteiger partial charge in [0.2, 0.25) is 0 Å². The summed E-state index contributed by atoms with van der Waals surface area (Å²) >= 11 is 0. The highest BCUT2D eigenvalue weighted by Crippen LogP contribution is 2.35. The molecule has 17 heavy (non-hydrogen) atoms. The van der Waals surface area contributed by atoms with E-state index in [1.54, 1.807) is 0 Å². The van der Waals surface area contributed by atoms with Crippen LogP contribution in [0.5, 0.6) is 11.5 Å². The predicted molar refractivity (Wildman–Crippen MR) is 66.9 cm³/mol. The molecular formula is C14H20O3. The summed E-state index contributed by atoms with van der Waals surface area (Å²) in [6, 6.07) is 4.09. The third-order valence-corrected chi connectivity index (χ3v) is 3.20. The molecule has 0 amide bonds. The summed E-state index contributed by atoms with van der Waals surface area (Å²) in [5.41, 5.74) is 2.40. The number of aliphatic hydroxyl groups excluding tert-OH is 1. The van der Waals surface area contributed by atoms with Crippen LogP contribution in [0.4, 0.5) is 0 Å². The summed E-state index contributed by atoms with van der Waals surface area (Å²) in [5.74, 6) is 1.80. The van der Waals surface area contributed by atoms with Crippen molar-refractivity contribution in [2.45, 2.75) is 32.6 Å². The van der Waals surface area contributed by atoms with Gasteiger partial charge in [0.05, 0.1) is 13.2 Å². The van der Waals surface area contributed by atoms with E-state index in [1.807, 2.05) is 13.0 Å². The smallest absolute Gasteiger partial charge is 0.161 e. The number of hydrogen-bond acceptors (Lipinski definition) is 3. The number of aryl methyl sites for hydroxylation is 1. The molecule has 94 valence electrons. The molecule has 1 aromatic carbocycles. The van der Waals surface area contributed by atoms with E-state index in [0.29, 0.717) is 13.2 Å². The van der Waals surface area contributed by atoms with Crippen molar-refractivity contribution in [3.05, 3.63) is 23.3 Å². The maximum absolute atomic E-state index is 9.30. The second kappa shape index (κ2) is 5.41. The second-order valence-corrected chi connectivity index (χ2v) is 4.49. The molecule has 0 saturated carbocycles. The fourth-order valence-electron chi connectivity index (χ4n) is 2.13. The first-order chi connectivity index (χ1) is 8.26. The lowest BCUT2D eigenvalue weighted by Crippen LogP contribution is -2.04. The van der Waals surface area contributed by atoms with E-state index in [0.717, 1.165) is 24.3 Å². The van der Waals surface area contributed by atoms with E-state index in [2.05, 4.69) is 13.0 Å². The fraction of sp³-hybridized carbons (Fsp3) is 0.571. The molecule has 1 heterocycles. The van der Waals surface area contributed by atoms with Crippen molar-refractivity contribution in [1.29, 1.82) is 0 Å². The summed E-state index contributed by atoms with van der Waals surface area (Å²) in [4.78, 5) is 0. The van der Waals surface area contributed by atoms with Crippen LogP contribution in [0, 0.1) is 0 Å². The van der Waals surface area contributed by atoms with Crippen LogP contribution in [0.15, 0.2) is 12.1 Å². The number of rotatable bonds is 3. The molecule has 0 saturated heterocycles. The number of fused-ring (bicyclic) bond motifs is 1. The van der Waals surface area contributed by atoms with Gasteiger partial charge in [-0.05, 0) is 29.7 Å². The Balaban J connectivity index is 2.42. The first-order valence-electron chi connectivity index (χ1n) is 6.29. The third-order valence-electron chi connectivity index (χ3n) is 3.20. The lowest BCUT2D eigenvalue weighted by molar-refractivity contribution is 0.272.